The number of halogens is 1. The van der Waals surface area contributed by atoms with Gasteiger partial charge in [-0.3, -0.25) is 4.79 Å². The third-order valence-corrected chi connectivity index (χ3v) is 4.62. The van der Waals surface area contributed by atoms with Gasteiger partial charge in [0.25, 0.3) is 5.91 Å². The zero-order chi connectivity index (χ0) is 14.8. The number of ether oxygens (including phenoxy) is 1. The van der Waals surface area contributed by atoms with Crippen LogP contribution < -0.4 is 10.1 Å². The quantitative estimate of drug-likeness (QED) is 0.889. The van der Waals surface area contributed by atoms with E-state index in [4.69, 9.17) is 16.3 Å². The summed E-state index contributed by atoms with van der Waals surface area (Å²) in [6.45, 7) is 0. The van der Waals surface area contributed by atoms with E-state index in [0.717, 1.165) is 0 Å². The van der Waals surface area contributed by atoms with Gasteiger partial charge in [0.1, 0.15) is 11.3 Å². The summed E-state index contributed by atoms with van der Waals surface area (Å²) in [7, 11) is 1.43. The van der Waals surface area contributed by atoms with E-state index in [1.165, 1.54) is 31.0 Å². The molecule has 2 N–H and O–H groups in total. The first-order chi connectivity index (χ1) is 9.48. The molecule has 20 heavy (non-hydrogen) atoms. The molecule has 1 atom stereocenters. The molecule has 5 nitrogen and oxygen atoms in total. The van der Waals surface area contributed by atoms with Crippen molar-refractivity contribution in [3.63, 3.8) is 0 Å². The van der Waals surface area contributed by atoms with Crippen molar-refractivity contribution < 1.29 is 19.4 Å². The minimum atomic E-state index is -1.20. The number of carbonyl (C=O) groups excluding carboxylic acids is 1. The summed E-state index contributed by atoms with van der Waals surface area (Å²) >= 11 is 7.35. The van der Waals surface area contributed by atoms with Crippen molar-refractivity contribution in [3.05, 3.63) is 28.8 Å². The molecule has 1 fully saturated rings. The van der Waals surface area contributed by atoms with Crippen LogP contribution in [0.3, 0.4) is 0 Å². The van der Waals surface area contributed by atoms with Crippen LogP contribution in [0.15, 0.2) is 18.2 Å². The highest BCUT2D eigenvalue weighted by Crippen LogP contribution is 2.30. The average Bonchev–Trinajstić information content (AvgIpc) is 2.88. The van der Waals surface area contributed by atoms with Gasteiger partial charge < -0.3 is 15.2 Å². The molecule has 1 unspecified atom stereocenters. The number of carbonyl (C=O) groups is 2. The fourth-order valence-electron chi connectivity index (χ4n) is 2.02. The van der Waals surface area contributed by atoms with Gasteiger partial charge in [0.05, 0.1) is 12.7 Å². The molecule has 0 spiro atoms. The van der Waals surface area contributed by atoms with Gasteiger partial charge in [-0.2, -0.15) is 11.8 Å². The van der Waals surface area contributed by atoms with E-state index in [-0.39, 0.29) is 5.56 Å². The lowest BCUT2D eigenvalue weighted by Gasteiger charge is -2.25. The van der Waals surface area contributed by atoms with Crippen LogP contribution in [0.25, 0.3) is 0 Å². The maximum Gasteiger partial charge on any atom is 0.330 e. The lowest BCUT2D eigenvalue weighted by atomic mass is 9.98. The second-order valence-corrected chi connectivity index (χ2v) is 6.03. The largest absolute Gasteiger partial charge is 0.496 e. The van der Waals surface area contributed by atoms with Crippen LogP contribution in [0.5, 0.6) is 5.75 Å². The summed E-state index contributed by atoms with van der Waals surface area (Å²) < 4.78 is 5.11. The number of aliphatic carboxylic acids is 1. The Kier molecular flexibility index (Phi) is 4.45. The first-order valence-electron chi connectivity index (χ1n) is 5.96. The zero-order valence-electron chi connectivity index (χ0n) is 10.8. The van der Waals surface area contributed by atoms with Crippen LogP contribution in [-0.4, -0.2) is 41.1 Å². The highest BCUT2D eigenvalue weighted by atomic mass is 35.5. The van der Waals surface area contributed by atoms with Crippen LogP contribution in [0.4, 0.5) is 0 Å². The minimum Gasteiger partial charge on any atom is -0.496 e. The first kappa shape index (κ1) is 15.0. The van der Waals surface area contributed by atoms with Crippen LogP contribution in [0, 0.1) is 0 Å². The molecule has 1 aliphatic heterocycles. The first-order valence-corrected chi connectivity index (χ1v) is 7.49. The molecule has 0 bridgehead atoms. The van der Waals surface area contributed by atoms with Crippen LogP contribution in [0.2, 0.25) is 5.02 Å². The van der Waals surface area contributed by atoms with E-state index in [9.17, 15) is 14.7 Å². The molecule has 1 aliphatic rings. The number of hydrogen-bond donors (Lipinski definition) is 2. The molecule has 7 heteroatoms. The summed E-state index contributed by atoms with van der Waals surface area (Å²) in [6.07, 6.45) is 0.411. The number of hydrogen-bond acceptors (Lipinski definition) is 4. The van der Waals surface area contributed by atoms with Gasteiger partial charge in [-0.15, -0.1) is 0 Å². The minimum absolute atomic E-state index is 0.273. The van der Waals surface area contributed by atoms with E-state index < -0.39 is 17.4 Å². The molecule has 0 aromatic heterocycles. The van der Waals surface area contributed by atoms with Gasteiger partial charge in [-0.05, 0) is 30.4 Å². The number of methoxy groups -OCH3 is 1. The topological polar surface area (TPSA) is 75.6 Å². The fourth-order valence-corrected chi connectivity index (χ4v) is 3.51. The van der Waals surface area contributed by atoms with Crippen molar-refractivity contribution >= 4 is 35.2 Å². The number of nitrogens with one attached hydrogen (secondary N) is 1. The van der Waals surface area contributed by atoms with Gasteiger partial charge in [-0.25, -0.2) is 4.79 Å². The predicted octanol–water partition coefficient (Wildman–Crippen LogP) is 2.04. The van der Waals surface area contributed by atoms with E-state index in [1.54, 1.807) is 6.07 Å². The highest BCUT2D eigenvalue weighted by molar-refractivity contribution is 7.99. The second kappa shape index (κ2) is 5.93. The molecule has 1 aromatic carbocycles. The lowest BCUT2D eigenvalue weighted by molar-refractivity contribution is -0.143. The molecular weight excluding hydrogens is 302 g/mol. The average molecular weight is 316 g/mol. The van der Waals surface area contributed by atoms with E-state index >= 15 is 0 Å². The van der Waals surface area contributed by atoms with Gasteiger partial charge in [0.15, 0.2) is 0 Å². The molecule has 2 rings (SSSR count). The molecule has 0 radical (unpaired) electrons. The second-order valence-electron chi connectivity index (χ2n) is 4.49. The van der Waals surface area contributed by atoms with E-state index in [2.05, 4.69) is 5.32 Å². The number of carboxylic acid groups (broad SMARTS) is 1. The molecule has 108 valence electrons. The number of amides is 1. The van der Waals surface area contributed by atoms with Gasteiger partial charge in [0.2, 0.25) is 0 Å². The summed E-state index contributed by atoms with van der Waals surface area (Å²) in [4.78, 5) is 23.7. The monoisotopic (exact) mass is 315 g/mol. The lowest BCUT2D eigenvalue weighted by Crippen LogP contribution is -2.54. The maximum absolute atomic E-state index is 12.3. The molecule has 1 saturated heterocycles. The number of thioether (sulfide) groups is 1. The fraction of sp³-hybridized carbons (Fsp3) is 0.385. The number of rotatable bonds is 4. The van der Waals surface area contributed by atoms with Crippen molar-refractivity contribution in [1.29, 1.82) is 0 Å². The zero-order valence-corrected chi connectivity index (χ0v) is 12.4. The summed E-state index contributed by atoms with van der Waals surface area (Å²) in [5.41, 5.74) is -0.929. The third-order valence-electron chi connectivity index (χ3n) is 3.19. The van der Waals surface area contributed by atoms with Crippen molar-refractivity contribution in [2.45, 2.75) is 12.0 Å². The Hall–Kier alpha value is -1.40. The molecule has 0 saturated carbocycles. The third kappa shape index (κ3) is 2.86. The SMILES string of the molecule is COc1cc(Cl)ccc1C(=O)NC1(C(=O)O)CCSC1. The Balaban J connectivity index is 2.26. The van der Waals surface area contributed by atoms with Crippen LogP contribution >= 0.6 is 23.4 Å². The van der Waals surface area contributed by atoms with Gasteiger partial charge in [-0.1, -0.05) is 11.6 Å². The Bertz CT molecular complexity index is 543. The number of carboxylic acids is 1. The Morgan fingerprint density at radius 3 is 2.80 bits per heavy atom. The molecule has 1 aromatic rings. The Morgan fingerprint density at radius 1 is 1.50 bits per heavy atom. The standard InChI is InChI=1S/C13H14ClNO4S/c1-19-10-6-8(14)2-3-9(10)11(16)15-13(12(17)18)4-5-20-7-13/h2-3,6H,4-5,7H2,1H3,(H,15,16)(H,17,18). The van der Waals surface area contributed by atoms with Gasteiger partial charge >= 0.3 is 5.97 Å². The molecular formula is C13H14ClNO4S. The van der Waals surface area contributed by atoms with Crippen molar-refractivity contribution in [1.82, 2.24) is 5.32 Å². The molecule has 1 heterocycles. The highest BCUT2D eigenvalue weighted by Gasteiger charge is 2.43. The normalized spacial score (nSPS) is 21.5. The Morgan fingerprint density at radius 2 is 2.25 bits per heavy atom. The van der Waals surface area contributed by atoms with Crippen molar-refractivity contribution in [2.24, 2.45) is 0 Å². The van der Waals surface area contributed by atoms with Crippen molar-refractivity contribution in [3.8, 4) is 5.75 Å². The van der Waals surface area contributed by atoms with Crippen LogP contribution in [-0.2, 0) is 4.79 Å². The summed E-state index contributed by atoms with van der Waals surface area (Å²) in [6, 6.07) is 4.61. The Labute approximate surface area is 125 Å². The molecule has 0 aliphatic carbocycles. The summed E-state index contributed by atoms with van der Waals surface area (Å²) in [5, 5.41) is 12.4. The molecule has 1 amide bonds. The smallest absolute Gasteiger partial charge is 0.330 e. The van der Waals surface area contributed by atoms with E-state index in [0.29, 0.717) is 28.7 Å². The summed E-state index contributed by atoms with van der Waals surface area (Å²) in [5.74, 6) is -0.0812. The van der Waals surface area contributed by atoms with E-state index in [1.807, 2.05) is 0 Å². The van der Waals surface area contributed by atoms with Crippen molar-refractivity contribution in [2.75, 3.05) is 18.6 Å². The predicted molar refractivity (Wildman–Crippen MR) is 77.8 cm³/mol. The van der Waals surface area contributed by atoms with Gasteiger partial charge in [0, 0.05) is 10.8 Å². The van der Waals surface area contributed by atoms with Crippen LogP contribution in [0.1, 0.15) is 16.8 Å². The maximum atomic E-state index is 12.3. The number of benzene rings is 1.